The van der Waals surface area contributed by atoms with Crippen LogP contribution >= 0.6 is 0 Å². The fourth-order valence-electron chi connectivity index (χ4n) is 1.07. The first-order valence-corrected chi connectivity index (χ1v) is 5.92. The molecule has 0 aliphatic rings. The Kier molecular flexibility index (Phi) is 8.04. The first-order valence-electron chi connectivity index (χ1n) is 5.92. The molecule has 0 bridgehead atoms. The topological polar surface area (TPSA) is 36.2 Å². The molecule has 1 rings (SSSR count). The van der Waals surface area contributed by atoms with E-state index in [-0.39, 0.29) is 0 Å². The SMILES string of the molecule is CC.CCCC=NC(=N)c1ccc(C)cc1. The monoisotopic (exact) mass is 218 g/mol. The summed E-state index contributed by atoms with van der Waals surface area (Å²) in [6.45, 7) is 8.13. The van der Waals surface area contributed by atoms with Gasteiger partial charge in [-0.3, -0.25) is 5.41 Å². The first-order chi connectivity index (χ1) is 7.74. The lowest BCUT2D eigenvalue weighted by atomic mass is 10.1. The minimum absolute atomic E-state index is 0.346. The van der Waals surface area contributed by atoms with Gasteiger partial charge in [0.1, 0.15) is 0 Å². The van der Waals surface area contributed by atoms with Crippen molar-refractivity contribution in [1.29, 1.82) is 5.41 Å². The smallest absolute Gasteiger partial charge is 0.151 e. The Morgan fingerprint density at radius 2 is 1.81 bits per heavy atom. The number of nitrogens with zero attached hydrogens (tertiary/aromatic N) is 1. The normalized spacial score (nSPS) is 9.75. The van der Waals surface area contributed by atoms with Crippen LogP contribution in [-0.2, 0) is 0 Å². The number of amidine groups is 1. The quantitative estimate of drug-likeness (QED) is 0.582. The van der Waals surface area contributed by atoms with Crippen molar-refractivity contribution in [2.24, 2.45) is 4.99 Å². The predicted molar refractivity (Wildman–Crippen MR) is 72.8 cm³/mol. The Balaban J connectivity index is 0.00000106. The Hall–Kier alpha value is -1.44. The van der Waals surface area contributed by atoms with Crippen LogP contribution in [0.3, 0.4) is 0 Å². The van der Waals surface area contributed by atoms with E-state index in [1.807, 2.05) is 51.3 Å². The minimum atomic E-state index is 0.346. The molecular weight excluding hydrogens is 196 g/mol. The summed E-state index contributed by atoms with van der Waals surface area (Å²) in [5.41, 5.74) is 2.09. The molecule has 0 amide bonds. The standard InChI is InChI=1S/C12H16N2.C2H6/c1-3-4-9-14-12(13)11-7-5-10(2)6-8-11;1-2/h5-9,13H,3-4H2,1-2H3;1-2H3. The second-order valence-corrected chi connectivity index (χ2v) is 3.31. The highest BCUT2D eigenvalue weighted by molar-refractivity contribution is 6.00. The van der Waals surface area contributed by atoms with Crippen molar-refractivity contribution < 1.29 is 0 Å². The summed E-state index contributed by atoms with van der Waals surface area (Å²) in [6.07, 6.45) is 3.82. The van der Waals surface area contributed by atoms with Crippen molar-refractivity contribution >= 4 is 12.1 Å². The molecule has 2 nitrogen and oxygen atoms in total. The van der Waals surface area contributed by atoms with Crippen LogP contribution < -0.4 is 0 Å². The third-order valence-corrected chi connectivity index (χ3v) is 1.96. The van der Waals surface area contributed by atoms with Gasteiger partial charge < -0.3 is 0 Å². The fraction of sp³-hybridized carbons (Fsp3) is 0.429. The molecule has 0 fully saturated rings. The van der Waals surface area contributed by atoms with Crippen LogP contribution in [0.2, 0.25) is 0 Å². The van der Waals surface area contributed by atoms with E-state index in [9.17, 15) is 0 Å². The summed E-state index contributed by atoms with van der Waals surface area (Å²) in [4.78, 5) is 4.07. The molecule has 0 unspecified atom stereocenters. The van der Waals surface area contributed by atoms with Crippen LogP contribution in [0.4, 0.5) is 0 Å². The van der Waals surface area contributed by atoms with Crippen LogP contribution in [0.5, 0.6) is 0 Å². The first kappa shape index (κ1) is 14.6. The van der Waals surface area contributed by atoms with E-state index < -0.39 is 0 Å². The van der Waals surface area contributed by atoms with E-state index in [4.69, 9.17) is 5.41 Å². The summed E-state index contributed by atoms with van der Waals surface area (Å²) in [7, 11) is 0. The van der Waals surface area contributed by atoms with Gasteiger partial charge in [-0.05, 0) is 13.3 Å². The molecule has 0 aliphatic carbocycles. The van der Waals surface area contributed by atoms with Gasteiger partial charge in [0.2, 0.25) is 0 Å². The average molecular weight is 218 g/mol. The molecule has 0 saturated carbocycles. The van der Waals surface area contributed by atoms with Crippen molar-refractivity contribution in [3.8, 4) is 0 Å². The van der Waals surface area contributed by atoms with E-state index in [0.29, 0.717) is 5.84 Å². The molecule has 0 atom stereocenters. The van der Waals surface area contributed by atoms with E-state index in [1.54, 1.807) is 0 Å². The molecule has 1 aromatic carbocycles. The van der Waals surface area contributed by atoms with Gasteiger partial charge in [-0.25, -0.2) is 4.99 Å². The molecule has 16 heavy (non-hydrogen) atoms. The van der Waals surface area contributed by atoms with Crippen molar-refractivity contribution in [1.82, 2.24) is 0 Å². The van der Waals surface area contributed by atoms with E-state index in [0.717, 1.165) is 18.4 Å². The number of benzene rings is 1. The molecule has 0 aromatic heterocycles. The number of aliphatic imine (C=N–C) groups is 1. The number of nitrogens with one attached hydrogen (secondary N) is 1. The van der Waals surface area contributed by atoms with Gasteiger partial charge in [-0.2, -0.15) is 0 Å². The summed E-state index contributed by atoms with van der Waals surface area (Å²) < 4.78 is 0. The molecule has 1 N–H and O–H groups in total. The maximum Gasteiger partial charge on any atom is 0.151 e. The Morgan fingerprint density at radius 3 is 2.31 bits per heavy atom. The largest absolute Gasteiger partial charge is 0.282 e. The maximum absolute atomic E-state index is 7.68. The summed E-state index contributed by atoms with van der Waals surface area (Å²) in [5.74, 6) is 0.346. The van der Waals surface area contributed by atoms with Gasteiger partial charge in [-0.1, -0.05) is 57.0 Å². The summed E-state index contributed by atoms with van der Waals surface area (Å²) >= 11 is 0. The second kappa shape index (κ2) is 8.84. The summed E-state index contributed by atoms with van der Waals surface area (Å²) in [6, 6.07) is 7.86. The number of hydrogen-bond donors (Lipinski definition) is 1. The zero-order chi connectivity index (χ0) is 12.4. The van der Waals surface area contributed by atoms with Crippen LogP contribution in [0.1, 0.15) is 44.7 Å². The molecule has 1 aromatic rings. The summed E-state index contributed by atoms with van der Waals surface area (Å²) in [5, 5.41) is 7.68. The number of aryl methyl sites for hydroxylation is 1. The Morgan fingerprint density at radius 1 is 1.25 bits per heavy atom. The average Bonchev–Trinajstić information content (AvgIpc) is 2.33. The van der Waals surface area contributed by atoms with Gasteiger partial charge in [0.15, 0.2) is 5.84 Å². The molecule has 2 heteroatoms. The van der Waals surface area contributed by atoms with Gasteiger partial charge in [-0.15, -0.1) is 0 Å². The van der Waals surface area contributed by atoms with Gasteiger partial charge in [0, 0.05) is 11.8 Å². The van der Waals surface area contributed by atoms with Gasteiger partial charge >= 0.3 is 0 Å². The number of unbranched alkanes of at least 4 members (excludes halogenated alkanes) is 1. The number of hydrogen-bond acceptors (Lipinski definition) is 1. The molecule has 0 heterocycles. The van der Waals surface area contributed by atoms with Crippen molar-refractivity contribution in [2.45, 2.75) is 40.5 Å². The minimum Gasteiger partial charge on any atom is -0.282 e. The highest BCUT2D eigenvalue weighted by atomic mass is 14.8. The lowest BCUT2D eigenvalue weighted by molar-refractivity contribution is 1.01. The lowest BCUT2D eigenvalue weighted by Crippen LogP contribution is -1.95. The molecule has 0 aliphatic heterocycles. The zero-order valence-corrected chi connectivity index (χ0v) is 10.7. The van der Waals surface area contributed by atoms with E-state index in [2.05, 4.69) is 11.9 Å². The van der Waals surface area contributed by atoms with Crippen LogP contribution in [-0.4, -0.2) is 12.1 Å². The van der Waals surface area contributed by atoms with E-state index in [1.165, 1.54) is 5.56 Å². The van der Waals surface area contributed by atoms with E-state index >= 15 is 0 Å². The van der Waals surface area contributed by atoms with Crippen molar-refractivity contribution in [3.63, 3.8) is 0 Å². The van der Waals surface area contributed by atoms with Crippen LogP contribution in [0.15, 0.2) is 29.3 Å². The molecular formula is C14H22N2. The maximum atomic E-state index is 7.68. The molecule has 88 valence electrons. The molecule has 0 saturated heterocycles. The van der Waals surface area contributed by atoms with Gasteiger partial charge in [0.25, 0.3) is 0 Å². The Labute approximate surface area is 98.9 Å². The fourth-order valence-corrected chi connectivity index (χ4v) is 1.07. The highest BCUT2D eigenvalue weighted by Crippen LogP contribution is 2.04. The lowest BCUT2D eigenvalue weighted by Gasteiger charge is -1.98. The number of rotatable bonds is 3. The van der Waals surface area contributed by atoms with Crippen LogP contribution in [0.25, 0.3) is 0 Å². The Bertz CT molecular complexity index is 323. The third kappa shape index (κ3) is 5.44. The van der Waals surface area contributed by atoms with Gasteiger partial charge in [0.05, 0.1) is 0 Å². The highest BCUT2D eigenvalue weighted by Gasteiger charge is 1.96. The van der Waals surface area contributed by atoms with Crippen LogP contribution in [0, 0.1) is 12.3 Å². The molecule has 0 spiro atoms. The molecule has 0 radical (unpaired) electrons. The second-order valence-electron chi connectivity index (χ2n) is 3.31. The van der Waals surface area contributed by atoms with Crippen molar-refractivity contribution in [3.05, 3.63) is 35.4 Å². The third-order valence-electron chi connectivity index (χ3n) is 1.96. The predicted octanol–water partition coefficient (Wildman–Crippen LogP) is 4.22. The van der Waals surface area contributed by atoms with Crippen molar-refractivity contribution in [2.75, 3.05) is 0 Å². The zero-order valence-electron chi connectivity index (χ0n) is 10.7.